The van der Waals surface area contributed by atoms with Crippen LogP contribution in [0, 0.1) is 17.5 Å². The number of carbonyl (C=O) groups is 1. The number of alkyl halides is 1. The van der Waals surface area contributed by atoms with Gasteiger partial charge in [-0.1, -0.05) is 12.1 Å². The van der Waals surface area contributed by atoms with E-state index in [1.807, 2.05) is 0 Å². The van der Waals surface area contributed by atoms with Crippen LogP contribution in [0.1, 0.15) is 22.3 Å². The van der Waals surface area contributed by atoms with E-state index in [4.69, 9.17) is 0 Å². The SMILES string of the molecule is O=C(N[C@H]1CCNC[C@H]1F)c1cn(Cc2ccc(F)cc2)c2c(F)ccc(F)c12. The van der Waals surface area contributed by atoms with Crippen molar-refractivity contribution in [2.45, 2.75) is 25.2 Å². The fourth-order valence-corrected chi connectivity index (χ4v) is 3.68. The Morgan fingerprint density at radius 2 is 1.83 bits per heavy atom. The molecule has 0 radical (unpaired) electrons. The van der Waals surface area contributed by atoms with Gasteiger partial charge < -0.3 is 15.2 Å². The monoisotopic (exact) mass is 405 g/mol. The molecule has 0 bridgehead atoms. The van der Waals surface area contributed by atoms with Gasteiger partial charge in [0, 0.05) is 19.3 Å². The van der Waals surface area contributed by atoms with E-state index >= 15 is 0 Å². The Morgan fingerprint density at radius 3 is 2.55 bits per heavy atom. The van der Waals surface area contributed by atoms with Gasteiger partial charge >= 0.3 is 0 Å². The van der Waals surface area contributed by atoms with Crippen LogP contribution < -0.4 is 10.6 Å². The highest BCUT2D eigenvalue weighted by Gasteiger charge is 2.28. The molecule has 0 saturated carbocycles. The first kappa shape index (κ1) is 19.4. The Hall–Kier alpha value is -2.87. The number of halogens is 4. The van der Waals surface area contributed by atoms with Crippen molar-refractivity contribution in [3.05, 3.63) is 71.2 Å². The first-order chi connectivity index (χ1) is 13.9. The standard InChI is InChI=1S/C21H19F4N3O/c22-13-3-1-12(2-4-13)10-28-11-14(19-15(23)5-6-16(24)20(19)28)21(29)27-18-7-8-26-9-17(18)25/h1-6,11,17-18,26H,7-10H2,(H,27,29)/t17-,18+/m1/s1. The lowest BCUT2D eigenvalue weighted by Gasteiger charge is -2.27. The smallest absolute Gasteiger partial charge is 0.253 e. The van der Waals surface area contributed by atoms with E-state index in [9.17, 15) is 22.4 Å². The molecule has 29 heavy (non-hydrogen) atoms. The highest BCUT2D eigenvalue weighted by molar-refractivity contribution is 6.07. The minimum absolute atomic E-state index is 0.0650. The number of hydrogen-bond donors (Lipinski definition) is 2. The summed E-state index contributed by atoms with van der Waals surface area (Å²) in [6.45, 7) is 0.796. The van der Waals surface area contributed by atoms with Gasteiger partial charge in [0.2, 0.25) is 0 Å². The summed E-state index contributed by atoms with van der Waals surface area (Å²) in [6.07, 6.45) is 0.490. The number of hydrogen-bond acceptors (Lipinski definition) is 2. The van der Waals surface area contributed by atoms with Crippen LogP contribution in [0.3, 0.4) is 0 Å². The second kappa shape index (κ2) is 7.87. The minimum atomic E-state index is -1.26. The molecular weight excluding hydrogens is 386 g/mol. The molecular formula is C21H19F4N3O. The molecule has 2 N–H and O–H groups in total. The summed E-state index contributed by atoms with van der Waals surface area (Å²) in [7, 11) is 0. The molecule has 152 valence electrons. The van der Waals surface area contributed by atoms with Gasteiger partial charge in [-0.2, -0.15) is 0 Å². The van der Waals surface area contributed by atoms with Crippen molar-refractivity contribution in [1.82, 2.24) is 15.2 Å². The summed E-state index contributed by atoms with van der Waals surface area (Å²) in [6, 6.07) is 6.84. The van der Waals surface area contributed by atoms with Crippen LogP contribution in [0.4, 0.5) is 17.6 Å². The van der Waals surface area contributed by atoms with E-state index < -0.39 is 35.6 Å². The number of rotatable bonds is 4. The normalized spacial score (nSPS) is 19.4. The molecule has 8 heteroatoms. The molecule has 4 rings (SSSR count). The molecule has 2 aromatic carbocycles. The van der Waals surface area contributed by atoms with Gasteiger partial charge in [-0.3, -0.25) is 4.79 Å². The van der Waals surface area contributed by atoms with Crippen LogP contribution in [0.25, 0.3) is 10.9 Å². The Morgan fingerprint density at radius 1 is 1.10 bits per heavy atom. The second-order valence-corrected chi connectivity index (χ2v) is 7.14. The maximum Gasteiger partial charge on any atom is 0.253 e. The predicted molar refractivity (Wildman–Crippen MR) is 101 cm³/mol. The van der Waals surface area contributed by atoms with E-state index in [0.717, 1.165) is 12.1 Å². The summed E-state index contributed by atoms with van der Waals surface area (Å²) >= 11 is 0. The lowest BCUT2D eigenvalue weighted by molar-refractivity contribution is 0.0893. The van der Waals surface area contributed by atoms with Gasteiger partial charge in [0.05, 0.1) is 22.5 Å². The number of carbonyl (C=O) groups excluding carboxylic acids is 1. The van der Waals surface area contributed by atoms with Gasteiger partial charge in [0.15, 0.2) is 0 Å². The van der Waals surface area contributed by atoms with E-state index in [2.05, 4.69) is 10.6 Å². The van der Waals surface area contributed by atoms with Crippen molar-refractivity contribution in [1.29, 1.82) is 0 Å². The third-order valence-corrected chi connectivity index (χ3v) is 5.15. The highest BCUT2D eigenvalue weighted by atomic mass is 19.1. The first-order valence-electron chi connectivity index (χ1n) is 9.31. The van der Waals surface area contributed by atoms with Crippen LogP contribution in [0.15, 0.2) is 42.6 Å². The van der Waals surface area contributed by atoms with Crippen molar-refractivity contribution in [2.75, 3.05) is 13.1 Å². The molecule has 1 aromatic heterocycles. The number of nitrogens with one attached hydrogen (secondary N) is 2. The molecule has 4 nitrogen and oxygen atoms in total. The van der Waals surface area contributed by atoms with Crippen LogP contribution in [0.5, 0.6) is 0 Å². The lowest BCUT2D eigenvalue weighted by atomic mass is 10.0. The topological polar surface area (TPSA) is 46.1 Å². The second-order valence-electron chi connectivity index (χ2n) is 7.14. The number of piperidine rings is 1. The lowest BCUT2D eigenvalue weighted by Crippen LogP contribution is -2.50. The predicted octanol–water partition coefficient (Wildman–Crippen LogP) is 3.54. The number of aromatic nitrogens is 1. The minimum Gasteiger partial charge on any atom is -0.346 e. The summed E-state index contributed by atoms with van der Waals surface area (Å²) < 4.78 is 57.7. The van der Waals surface area contributed by atoms with Crippen molar-refractivity contribution < 1.29 is 22.4 Å². The molecule has 0 aliphatic carbocycles. The molecule has 1 saturated heterocycles. The number of benzene rings is 2. The maximum atomic E-state index is 14.6. The average Bonchev–Trinajstić information content (AvgIpc) is 3.09. The third-order valence-electron chi connectivity index (χ3n) is 5.15. The molecule has 1 aliphatic rings. The molecule has 1 fully saturated rings. The summed E-state index contributed by atoms with van der Waals surface area (Å²) in [5, 5.41) is 5.34. The Bertz CT molecular complexity index is 1050. The van der Waals surface area contributed by atoms with Crippen LogP contribution in [-0.4, -0.2) is 35.8 Å². The maximum absolute atomic E-state index is 14.6. The largest absolute Gasteiger partial charge is 0.346 e. The van der Waals surface area contributed by atoms with Crippen molar-refractivity contribution >= 4 is 16.8 Å². The zero-order chi connectivity index (χ0) is 20.5. The van der Waals surface area contributed by atoms with Gasteiger partial charge in [-0.15, -0.1) is 0 Å². The number of nitrogens with zero attached hydrogens (tertiary/aromatic N) is 1. The number of amides is 1. The molecule has 1 aliphatic heterocycles. The summed E-state index contributed by atoms with van der Waals surface area (Å²) in [5.41, 5.74) is 0.521. The molecule has 0 spiro atoms. The quantitative estimate of drug-likeness (QED) is 0.653. The van der Waals surface area contributed by atoms with Crippen LogP contribution in [0.2, 0.25) is 0 Å². The van der Waals surface area contributed by atoms with Gasteiger partial charge in [-0.05, 0) is 42.8 Å². The van der Waals surface area contributed by atoms with E-state index in [0.29, 0.717) is 18.5 Å². The highest BCUT2D eigenvalue weighted by Crippen LogP contribution is 2.28. The Kier molecular flexibility index (Phi) is 5.27. The Labute approximate surface area is 164 Å². The van der Waals surface area contributed by atoms with Crippen LogP contribution >= 0.6 is 0 Å². The Balaban J connectivity index is 1.72. The van der Waals surface area contributed by atoms with Crippen molar-refractivity contribution in [3.63, 3.8) is 0 Å². The van der Waals surface area contributed by atoms with E-state index in [1.165, 1.54) is 35.0 Å². The van der Waals surface area contributed by atoms with Gasteiger partial charge in [0.1, 0.15) is 23.6 Å². The first-order valence-corrected chi connectivity index (χ1v) is 9.31. The van der Waals surface area contributed by atoms with E-state index in [1.54, 1.807) is 0 Å². The molecule has 2 heterocycles. The fraction of sp³-hybridized carbons (Fsp3) is 0.286. The molecule has 1 amide bonds. The molecule has 3 aromatic rings. The zero-order valence-corrected chi connectivity index (χ0v) is 15.4. The van der Waals surface area contributed by atoms with Crippen LogP contribution in [-0.2, 0) is 6.54 Å². The zero-order valence-electron chi connectivity index (χ0n) is 15.4. The molecule has 2 atom stereocenters. The molecule has 0 unspecified atom stereocenters. The average molecular weight is 405 g/mol. The van der Waals surface area contributed by atoms with E-state index in [-0.39, 0.29) is 29.6 Å². The number of fused-ring (bicyclic) bond motifs is 1. The fourth-order valence-electron chi connectivity index (χ4n) is 3.68. The summed E-state index contributed by atoms with van der Waals surface area (Å²) in [5.74, 6) is -2.50. The third kappa shape index (κ3) is 3.85. The van der Waals surface area contributed by atoms with Gasteiger partial charge in [-0.25, -0.2) is 17.6 Å². The van der Waals surface area contributed by atoms with Crippen molar-refractivity contribution in [3.8, 4) is 0 Å². The summed E-state index contributed by atoms with van der Waals surface area (Å²) in [4.78, 5) is 12.8. The van der Waals surface area contributed by atoms with Crippen molar-refractivity contribution in [2.24, 2.45) is 0 Å². The van der Waals surface area contributed by atoms with Gasteiger partial charge in [0.25, 0.3) is 5.91 Å².